The predicted octanol–water partition coefficient (Wildman–Crippen LogP) is 2.15. The molecule has 0 bridgehead atoms. The van der Waals surface area contributed by atoms with Crippen molar-refractivity contribution in [2.24, 2.45) is 0 Å². The highest BCUT2D eigenvalue weighted by molar-refractivity contribution is 5.75. The van der Waals surface area contributed by atoms with Crippen LogP contribution in [-0.2, 0) is 0 Å². The molecule has 0 atom stereocenters. The van der Waals surface area contributed by atoms with Crippen molar-refractivity contribution in [3.8, 4) is 11.3 Å². The first-order chi connectivity index (χ1) is 6.40. The average molecular weight is 173 g/mol. The van der Waals surface area contributed by atoms with Gasteiger partial charge >= 0.3 is 0 Å². The Balaban J connectivity index is 2.38. The highest BCUT2D eigenvalue weighted by Gasteiger charge is 1.99. The summed E-state index contributed by atoms with van der Waals surface area (Å²) in [5.74, 6) is 0. The van der Waals surface area contributed by atoms with Gasteiger partial charge in [0.05, 0.1) is 18.2 Å². The van der Waals surface area contributed by atoms with E-state index >= 15 is 0 Å². The summed E-state index contributed by atoms with van der Waals surface area (Å²) >= 11 is 0. The van der Waals surface area contributed by atoms with E-state index in [0.717, 1.165) is 17.5 Å². The zero-order valence-electron chi connectivity index (χ0n) is 6.81. The molecule has 2 aromatic rings. The zero-order valence-corrected chi connectivity index (χ0v) is 6.81. The van der Waals surface area contributed by atoms with Gasteiger partial charge in [-0.1, -0.05) is 0 Å². The number of rotatable bonds is 2. The van der Waals surface area contributed by atoms with Crippen LogP contribution in [0.1, 0.15) is 10.4 Å². The van der Waals surface area contributed by atoms with Crippen LogP contribution in [0, 0.1) is 0 Å². The number of furan rings is 1. The summed E-state index contributed by atoms with van der Waals surface area (Å²) in [5.41, 5.74) is 2.30. The Morgan fingerprint density at radius 2 is 2.23 bits per heavy atom. The Kier molecular flexibility index (Phi) is 1.92. The van der Waals surface area contributed by atoms with Crippen LogP contribution in [0.5, 0.6) is 0 Å². The van der Waals surface area contributed by atoms with Crippen molar-refractivity contribution >= 4 is 6.29 Å². The van der Waals surface area contributed by atoms with E-state index in [4.69, 9.17) is 4.42 Å². The first-order valence-electron chi connectivity index (χ1n) is 3.84. The molecule has 0 aromatic carbocycles. The fourth-order valence-electron chi connectivity index (χ4n) is 1.06. The van der Waals surface area contributed by atoms with Crippen molar-refractivity contribution in [2.75, 3.05) is 0 Å². The molecular formula is C10H7NO2. The minimum atomic E-state index is 0.576. The van der Waals surface area contributed by atoms with Crippen LogP contribution in [0.2, 0.25) is 0 Å². The van der Waals surface area contributed by atoms with Gasteiger partial charge < -0.3 is 4.42 Å². The lowest BCUT2D eigenvalue weighted by atomic mass is 10.2. The largest absolute Gasteiger partial charge is 0.472 e. The highest BCUT2D eigenvalue weighted by atomic mass is 16.3. The average Bonchev–Trinajstić information content (AvgIpc) is 2.71. The number of carbonyl (C=O) groups excluding carboxylic acids is 1. The minimum Gasteiger partial charge on any atom is -0.472 e. The van der Waals surface area contributed by atoms with Crippen LogP contribution in [0.15, 0.2) is 41.3 Å². The van der Waals surface area contributed by atoms with E-state index in [-0.39, 0.29) is 0 Å². The van der Waals surface area contributed by atoms with Gasteiger partial charge in [0, 0.05) is 17.3 Å². The Hall–Kier alpha value is -1.90. The van der Waals surface area contributed by atoms with E-state index in [2.05, 4.69) is 4.98 Å². The lowest BCUT2D eigenvalue weighted by molar-refractivity contribution is 0.112. The van der Waals surface area contributed by atoms with Gasteiger partial charge in [0.1, 0.15) is 0 Å². The molecule has 2 aromatic heterocycles. The number of hydrogen-bond donors (Lipinski definition) is 0. The molecule has 0 fully saturated rings. The summed E-state index contributed by atoms with van der Waals surface area (Å²) < 4.78 is 4.92. The molecule has 2 heterocycles. The van der Waals surface area contributed by atoms with Crippen molar-refractivity contribution in [1.29, 1.82) is 0 Å². The third-order valence-electron chi connectivity index (χ3n) is 1.74. The minimum absolute atomic E-state index is 0.576. The molecule has 0 N–H and O–H groups in total. The summed E-state index contributed by atoms with van der Waals surface area (Å²) in [5, 5.41) is 0. The molecule has 0 aliphatic rings. The number of aldehydes is 1. The third kappa shape index (κ3) is 1.49. The van der Waals surface area contributed by atoms with Gasteiger partial charge in [-0.3, -0.25) is 9.78 Å². The molecular weight excluding hydrogens is 166 g/mol. The van der Waals surface area contributed by atoms with E-state index in [1.807, 2.05) is 6.07 Å². The van der Waals surface area contributed by atoms with Crippen molar-refractivity contribution in [3.05, 3.63) is 42.5 Å². The first kappa shape index (κ1) is 7.73. The number of pyridine rings is 1. The molecule has 0 aliphatic heterocycles. The van der Waals surface area contributed by atoms with Gasteiger partial charge in [-0.2, -0.15) is 0 Å². The second-order valence-corrected chi connectivity index (χ2v) is 2.61. The van der Waals surface area contributed by atoms with Crippen molar-refractivity contribution in [2.45, 2.75) is 0 Å². The molecule has 0 amide bonds. The Morgan fingerprint density at radius 1 is 1.31 bits per heavy atom. The monoisotopic (exact) mass is 173 g/mol. The summed E-state index contributed by atoms with van der Waals surface area (Å²) in [6.07, 6.45) is 5.51. The summed E-state index contributed by atoms with van der Waals surface area (Å²) in [4.78, 5) is 14.4. The molecule has 64 valence electrons. The van der Waals surface area contributed by atoms with Gasteiger partial charge in [0.25, 0.3) is 0 Å². The normalized spacial score (nSPS) is 9.85. The van der Waals surface area contributed by atoms with Crippen molar-refractivity contribution in [1.82, 2.24) is 4.98 Å². The highest BCUT2D eigenvalue weighted by Crippen LogP contribution is 2.16. The maximum atomic E-state index is 10.3. The van der Waals surface area contributed by atoms with E-state index < -0.39 is 0 Å². The Labute approximate surface area is 75.0 Å². The number of nitrogens with zero attached hydrogens (tertiary/aromatic N) is 1. The van der Waals surface area contributed by atoms with Gasteiger partial charge in [-0.05, 0) is 18.2 Å². The molecule has 3 heteroatoms. The maximum Gasteiger partial charge on any atom is 0.151 e. The number of carbonyl (C=O) groups is 1. The van der Waals surface area contributed by atoms with E-state index in [9.17, 15) is 4.79 Å². The van der Waals surface area contributed by atoms with Crippen LogP contribution >= 0.6 is 0 Å². The summed E-state index contributed by atoms with van der Waals surface area (Å²) in [7, 11) is 0. The van der Waals surface area contributed by atoms with Crippen LogP contribution in [0.25, 0.3) is 11.3 Å². The molecule has 0 unspecified atom stereocenters. The standard InChI is InChI=1S/C10H7NO2/c12-6-8-1-2-10(11-5-8)9-3-4-13-7-9/h1-7H. The fourth-order valence-corrected chi connectivity index (χ4v) is 1.06. The molecule has 0 saturated carbocycles. The lowest BCUT2D eigenvalue weighted by Crippen LogP contribution is -1.84. The predicted molar refractivity (Wildman–Crippen MR) is 47.3 cm³/mol. The molecule has 2 rings (SSSR count). The molecule has 0 spiro atoms. The molecule has 0 aliphatic carbocycles. The molecule has 0 saturated heterocycles. The SMILES string of the molecule is O=Cc1ccc(-c2ccoc2)nc1. The van der Waals surface area contributed by atoms with E-state index in [0.29, 0.717) is 5.56 Å². The smallest absolute Gasteiger partial charge is 0.151 e. The van der Waals surface area contributed by atoms with Gasteiger partial charge in [-0.25, -0.2) is 0 Å². The second kappa shape index (κ2) is 3.23. The van der Waals surface area contributed by atoms with Crippen molar-refractivity contribution in [3.63, 3.8) is 0 Å². The zero-order chi connectivity index (χ0) is 9.10. The van der Waals surface area contributed by atoms with Gasteiger partial charge in [0.15, 0.2) is 6.29 Å². The number of aromatic nitrogens is 1. The quantitative estimate of drug-likeness (QED) is 0.653. The van der Waals surface area contributed by atoms with Crippen LogP contribution < -0.4 is 0 Å². The van der Waals surface area contributed by atoms with Gasteiger partial charge in [-0.15, -0.1) is 0 Å². The Morgan fingerprint density at radius 3 is 2.77 bits per heavy atom. The van der Waals surface area contributed by atoms with E-state index in [1.54, 1.807) is 24.7 Å². The molecule has 3 nitrogen and oxygen atoms in total. The molecule has 13 heavy (non-hydrogen) atoms. The first-order valence-corrected chi connectivity index (χ1v) is 3.84. The lowest BCUT2D eigenvalue weighted by Gasteiger charge is -1.94. The Bertz CT molecular complexity index is 389. The number of hydrogen-bond acceptors (Lipinski definition) is 3. The maximum absolute atomic E-state index is 10.3. The fraction of sp³-hybridized carbons (Fsp3) is 0. The van der Waals surface area contributed by atoms with Gasteiger partial charge in [0.2, 0.25) is 0 Å². The topological polar surface area (TPSA) is 43.1 Å². The van der Waals surface area contributed by atoms with Crippen LogP contribution in [0.3, 0.4) is 0 Å². The summed E-state index contributed by atoms with van der Waals surface area (Å²) in [6, 6.07) is 5.33. The van der Waals surface area contributed by atoms with Crippen LogP contribution in [-0.4, -0.2) is 11.3 Å². The van der Waals surface area contributed by atoms with Crippen LogP contribution in [0.4, 0.5) is 0 Å². The van der Waals surface area contributed by atoms with E-state index in [1.165, 1.54) is 6.20 Å². The summed E-state index contributed by atoms with van der Waals surface area (Å²) in [6.45, 7) is 0. The third-order valence-corrected chi connectivity index (χ3v) is 1.74. The molecule has 0 radical (unpaired) electrons. The van der Waals surface area contributed by atoms with Crippen molar-refractivity contribution < 1.29 is 9.21 Å². The second-order valence-electron chi connectivity index (χ2n) is 2.61.